The fraction of sp³-hybridized carbons (Fsp3) is 0.154. The SMILES string of the molecule is CN(C)c1ncnc(NNC(=O)c2cccc([N+](=O)[O-])c2)c1[N+](=O)[O-]. The third kappa shape index (κ3) is 3.93. The minimum Gasteiger partial charge on any atom is -0.357 e. The highest BCUT2D eigenvalue weighted by atomic mass is 16.6. The van der Waals surface area contributed by atoms with Gasteiger partial charge in [-0.1, -0.05) is 6.07 Å². The van der Waals surface area contributed by atoms with Crippen molar-refractivity contribution in [3.63, 3.8) is 0 Å². The van der Waals surface area contributed by atoms with Crippen LogP contribution in [0.1, 0.15) is 10.4 Å². The average Bonchev–Trinajstić information content (AvgIpc) is 2.59. The molecule has 0 unspecified atom stereocenters. The summed E-state index contributed by atoms with van der Waals surface area (Å²) in [5.74, 6) is -0.891. The Balaban J connectivity index is 2.23. The lowest BCUT2D eigenvalue weighted by Crippen LogP contribution is -2.30. The van der Waals surface area contributed by atoms with Crippen LogP contribution in [-0.4, -0.2) is 39.8 Å². The molecular weight excluding hydrogens is 334 g/mol. The molecule has 25 heavy (non-hydrogen) atoms. The van der Waals surface area contributed by atoms with Crippen molar-refractivity contribution < 1.29 is 14.6 Å². The maximum atomic E-state index is 12.1. The number of nitrogens with zero attached hydrogens (tertiary/aromatic N) is 5. The Morgan fingerprint density at radius 3 is 2.48 bits per heavy atom. The highest BCUT2D eigenvalue weighted by Crippen LogP contribution is 2.29. The molecule has 1 aromatic carbocycles. The van der Waals surface area contributed by atoms with Crippen molar-refractivity contribution in [2.75, 3.05) is 24.4 Å². The zero-order valence-electron chi connectivity index (χ0n) is 13.2. The molecule has 0 fully saturated rings. The van der Waals surface area contributed by atoms with Gasteiger partial charge in [-0.2, -0.15) is 0 Å². The quantitative estimate of drug-likeness (QED) is 0.577. The van der Waals surface area contributed by atoms with E-state index < -0.39 is 21.4 Å². The third-order valence-corrected chi connectivity index (χ3v) is 3.02. The van der Waals surface area contributed by atoms with Crippen molar-refractivity contribution in [1.29, 1.82) is 0 Å². The summed E-state index contributed by atoms with van der Waals surface area (Å²) in [5, 5.41) is 22.0. The van der Waals surface area contributed by atoms with Crippen LogP contribution in [0.2, 0.25) is 0 Å². The van der Waals surface area contributed by atoms with Gasteiger partial charge >= 0.3 is 5.69 Å². The van der Waals surface area contributed by atoms with Crippen LogP contribution in [-0.2, 0) is 0 Å². The number of hydrogen-bond acceptors (Lipinski definition) is 9. The zero-order chi connectivity index (χ0) is 18.6. The number of anilines is 2. The lowest BCUT2D eigenvalue weighted by molar-refractivity contribution is -0.384. The van der Waals surface area contributed by atoms with E-state index in [0.29, 0.717) is 0 Å². The van der Waals surface area contributed by atoms with Gasteiger partial charge in [-0.05, 0) is 6.07 Å². The Morgan fingerprint density at radius 2 is 1.88 bits per heavy atom. The van der Waals surface area contributed by atoms with Gasteiger partial charge in [0.1, 0.15) is 6.33 Å². The van der Waals surface area contributed by atoms with Gasteiger partial charge in [-0.3, -0.25) is 35.9 Å². The van der Waals surface area contributed by atoms with E-state index in [0.717, 1.165) is 12.4 Å². The van der Waals surface area contributed by atoms with Gasteiger partial charge in [-0.25, -0.2) is 9.97 Å². The molecule has 1 heterocycles. The van der Waals surface area contributed by atoms with Crippen molar-refractivity contribution in [3.05, 3.63) is 56.4 Å². The van der Waals surface area contributed by atoms with Crippen LogP contribution in [0.15, 0.2) is 30.6 Å². The first kappa shape index (κ1) is 17.5. The predicted molar refractivity (Wildman–Crippen MR) is 87.2 cm³/mol. The smallest absolute Gasteiger partial charge is 0.355 e. The average molecular weight is 347 g/mol. The van der Waals surface area contributed by atoms with Gasteiger partial charge in [-0.15, -0.1) is 0 Å². The van der Waals surface area contributed by atoms with E-state index in [1.165, 1.54) is 23.1 Å². The van der Waals surface area contributed by atoms with E-state index in [1.807, 2.05) is 0 Å². The summed E-state index contributed by atoms with van der Waals surface area (Å²) in [7, 11) is 3.14. The zero-order valence-corrected chi connectivity index (χ0v) is 13.2. The summed E-state index contributed by atoms with van der Waals surface area (Å²) in [6.45, 7) is 0. The molecule has 12 nitrogen and oxygen atoms in total. The molecule has 0 saturated heterocycles. The maximum Gasteiger partial charge on any atom is 0.355 e. The molecule has 0 radical (unpaired) electrons. The maximum absolute atomic E-state index is 12.1. The van der Waals surface area contributed by atoms with E-state index in [2.05, 4.69) is 20.8 Å². The van der Waals surface area contributed by atoms with Gasteiger partial charge in [0.25, 0.3) is 11.6 Å². The van der Waals surface area contributed by atoms with Crippen LogP contribution in [0.3, 0.4) is 0 Å². The van der Waals surface area contributed by atoms with Crippen LogP contribution in [0.5, 0.6) is 0 Å². The minimum absolute atomic E-state index is 0.00578. The van der Waals surface area contributed by atoms with E-state index in [9.17, 15) is 25.0 Å². The van der Waals surface area contributed by atoms with Crippen molar-refractivity contribution in [3.8, 4) is 0 Å². The van der Waals surface area contributed by atoms with Crippen LogP contribution in [0.25, 0.3) is 0 Å². The highest BCUT2D eigenvalue weighted by Gasteiger charge is 2.24. The molecule has 0 saturated carbocycles. The molecule has 0 aliphatic heterocycles. The normalized spacial score (nSPS) is 10.0. The summed E-state index contributed by atoms with van der Waals surface area (Å²) in [6.07, 6.45) is 1.10. The number of nitrogens with one attached hydrogen (secondary N) is 2. The number of benzene rings is 1. The van der Waals surface area contributed by atoms with Crippen molar-refractivity contribution in [2.45, 2.75) is 0 Å². The third-order valence-electron chi connectivity index (χ3n) is 3.02. The summed E-state index contributed by atoms with van der Waals surface area (Å²) < 4.78 is 0. The number of nitro groups is 2. The number of hydrogen-bond donors (Lipinski definition) is 2. The first-order chi connectivity index (χ1) is 11.8. The Labute approximate surface area is 140 Å². The molecule has 12 heteroatoms. The number of amides is 1. The summed E-state index contributed by atoms with van der Waals surface area (Å²) in [4.78, 5) is 41.7. The van der Waals surface area contributed by atoms with Crippen LogP contribution >= 0.6 is 0 Å². The van der Waals surface area contributed by atoms with E-state index in [4.69, 9.17) is 0 Å². The largest absolute Gasteiger partial charge is 0.357 e. The Morgan fingerprint density at radius 1 is 1.16 bits per heavy atom. The molecule has 0 aliphatic carbocycles. The molecule has 2 N–H and O–H groups in total. The minimum atomic E-state index is -0.719. The number of aromatic nitrogens is 2. The van der Waals surface area contributed by atoms with Crippen LogP contribution < -0.4 is 15.8 Å². The standard InChI is InChI=1S/C13H13N7O5/c1-18(2)12-10(20(24)25)11(14-7-15-12)16-17-13(21)8-4-3-5-9(6-8)19(22)23/h3-7H,1-2H3,(H,17,21)(H,14,15,16). The van der Waals surface area contributed by atoms with Gasteiger partial charge in [0.2, 0.25) is 11.6 Å². The second kappa shape index (κ2) is 7.16. The molecule has 0 atom stereocenters. The molecule has 0 bridgehead atoms. The number of hydrazine groups is 1. The molecule has 0 aliphatic rings. The topological polar surface area (TPSA) is 156 Å². The fourth-order valence-corrected chi connectivity index (χ4v) is 1.91. The molecule has 1 amide bonds. The van der Waals surface area contributed by atoms with E-state index in [-0.39, 0.29) is 22.9 Å². The van der Waals surface area contributed by atoms with Gasteiger partial charge in [0.05, 0.1) is 9.85 Å². The molecule has 130 valence electrons. The van der Waals surface area contributed by atoms with Gasteiger partial charge < -0.3 is 4.90 Å². The first-order valence-electron chi connectivity index (χ1n) is 6.78. The van der Waals surface area contributed by atoms with Crippen LogP contribution in [0, 0.1) is 20.2 Å². The Hall–Kier alpha value is -3.83. The van der Waals surface area contributed by atoms with Gasteiger partial charge in [0.15, 0.2) is 0 Å². The Kier molecular flexibility index (Phi) is 5.02. The Bertz CT molecular complexity index is 839. The monoisotopic (exact) mass is 347 g/mol. The predicted octanol–water partition coefficient (Wildman–Crippen LogP) is 1.12. The highest BCUT2D eigenvalue weighted by molar-refractivity contribution is 5.95. The van der Waals surface area contributed by atoms with Crippen molar-refractivity contribution >= 4 is 28.9 Å². The van der Waals surface area contributed by atoms with E-state index in [1.54, 1.807) is 14.1 Å². The summed E-state index contributed by atoms with van der Waals surface area (Å²) >= 11 is 0. The first-order valence-corrected chi connectivity index (χ1v) is 6.78. The summed E-state index contributed by atoms with van der Waals surface area (Å²) in [6, 6.07) is 5.04. The van der Waals surface area contributed by atoms with Gasteiger partial charge in [0, 0.05) is 31.8 Å². The fourth-order valence-electron chi connectivity index (χ4n) is 1.91. The molecule has 0 spiro atoms. The second-order valence-corrected chi connectivity index (χ2v) is 4.93. The molecule has 1 aromatic heterocycles. The van der Waals surface area contributed by atoms with E-state index >= 15 is 0 Å². The number of rotatable bonds is 6. The molecule has 2 rings (SSSR count). The molecular formula is C13H13N7O5. The number of nitro benzene ring substituents is 1. The van der Waals surface area contributed by atoms with Crippen molar-refractivity contribution in [2.24, 2.45) is 0 Å². The molecule has 2 aromatic rings. The lowest BCUT2D eigenvalue weighted by atomic mass is 10.2. The second-order valence-electron chi connectivity index (χ2n) is 4.93. The number of non-ortho nitro benzene ring substituents is 1. The summed E-state index contributed by atoms with van der Waals surface area (Å²) in [5.41, 5.74) is 3.89. The lowest BCUT2D eigenvalue weighted by Gasteiger charge is -2.13. The van der Waals surface area contributed by atoms with Crippen LogP contribution in [0.4, 0.5) is 23.0 Å². The number of carbonyl (C=O) groups is 1. The number of carbonyl (C=O) groups excluding carboxylic acids is 1. The van der Waals surface area contributed by atoms with Crippen molar-refractivity contribution in [1.82, 2.24) is 15.4 Å².